The van der Waals surface area contributed by atoms with E-state index in [0.29, 0.717) is 37.8 Å². The molecule has 0 fully saturated rings. The number of nitrogens with one attached hydrogen (secondary N) is 1. The summed E-state index contributed by atoms with van der Waals surface area (Å²) < 4.78 is 39.3. The van der Waals surface area contributed by atoms with E-state index in [2.05, 4.69) is 20.7 Å². The van der Waals surface area contributed by atoms with Gasteiger partial charge in [0.2, 0.25) is 0 Å². The van der Waals surface area contributed by atoms with Crippen LogP contribution in [0.3, 0.4) is 0 Å². The van der Waals surface area contributed by atoms with E-state index in [1.54, 1.807) is 18.2 Å². The SMILES string of the molecule is FC(F)(F)c1cccc(Sc2nnc(Cl)cc2C2=N[C@@H](Cc3ccc(Cl)cc3Cl)CON2)c1. The van der Waals surface area contributed by atoms with Crippen LogP contribution in [0.4, 0.5) is 13.2 Å². The van der Waals surface area contributed by atoms with Crippen LogP contribution in [0.25, 0.3) is 0 Å². The molecule has 5 nitrogen and oxygen atoms in total. The minimum Gasteiger partial charge on any atom is -0.272 e. The van der Waals surface area contributed by atoms with Crippen LogP contribution in [-0.2, 0) is 17.4 Å². The number of aromatic nitrogens is 2. The average Bonchev–Trinajstić information content (AvgIpc) is 2.77. The lowest BCUT2D eigenvalue weighted by molar-refractivity contribution is -0.137. The molecule has 0 saturated heterocycles. The van der Waals surface area contributed by atoms with Crippen LogP contribution in [0.5, 0.6) is 0 Å². The number of aliphatic imine (C=N–C) groups is 1. The second-order valence-electron chi connectivity index (χ2n) is 7.00. The van der Waals surface area contributed by atoms with E-state index in [-0.39, 0.29) is 17.8 Å². The molecule has 0 unspecified atom stereocenters. The van der Waals surface area contributed by atoms with Gasteiger partial charge >= 0.3 is 6.18 Å². The zero-order chi connectivity index (χ0) is 23.6. The third kappa shape index (κ3) is 6.10. The third-order valence-corrected chi connectivity index (χ3v) is 6.34. The highest BCUT2D eigenvalue weighted by Crippen LogP contribution is 2.35. The van der Waals surface area contributed by atoms with Crippen LogP contribution < -0.4 is 5.48 Å². The van der Waals surface area contributed by atoms with Gasteiger partial charge in [0.05, 0.1) is 23.8 Å². The Hall–Kier alpha value is -2.04. The first-order chi connectivity index (χ1) is 15.7. The van der Waals surface area contributed by atoms with Gasteiger partial charge in [0.1, 0.15) is 5.03 Å². The fraction of sp³-hybridized carbons (Fsp3) is 0.190. The molecule has 0 saturated carbocycles. The van der Waals surface area contributed by atoms with E-state index >= 15 is 0 Å². The fourth-order valence-electron chi connectivity index (χ4n) is 3.07. The number of amidine groups is 1. The zero-order valence-electron chi connectivity index (χ0n) is 16.5. The predicted molar refractivity (Wildman–Crippen MR) is 122 cm³/mol. The molecule has 0 amide bonds. The first-order valence-electron chi connectivity index (χ1n) is 9.47. The van der Waals surface area contributed by atoms with Gasteiger partial charge in [-0.25, -0.2) is 5.48 Å². The molecule has 0 spiro atoms. The minimum atomic E-state index is -4.45. The molecule has 1 aliphatic heterocycles. The highest BCUT2D eigenvalue weighted by molar-refractivity contribution is 7.99. The van der Waals surface area contributed by atoms with Crippen molar-refractivity contribution in [3.05, 3.63) is 80.4 Å². The molecular weight excluding hydrogens is 520 g/mol. The van der Waals surface area contributed by atoms with Crippen LogP contribution in [0.2, 0.25) is 15.2 Å². The van der Waals surface area contributed by atoms with E-state index in [9.17, 15) is 13.2 Å². The Labute approximate surface area is 206 Å². The Morgan fingerprint density at radius 2 is 1.88 bits per heavy atom. The molecule has 0 radical (unpaired) electrons. The Morgan fingerprint density at radius 3 is 2.64 bits per heavy atom. The van der Waals surface area contributed by atoms with Gasteiger partial charge in [-0.15, -0.1) is 10.2 Å². The maximum Gasteiger partial charge on any atom is 0.416 e. The van der Waals surface area contributed by atoms with Crippen LogP contribution >= 0.6 is 46.6 Å². The smallest absolute Gasteiger partial charge is 0.272 e. The second-order valence-corrected chi connectivity index (χ2v) is 9.29. The minimum absolute atomic E-state index is 0.103. The van der Waals surface area contributed by atoms with Gasteiger partial charge < -0.3 is 0 Å². The van der Waals surface area contributed by atoms with Crippen molar-refractivity contribution in [2.24, 2.45) is 4.99 Å². The predicted octanol–water partition coefficient (Wildman–Crippen LogP) is 6.50. The van der Waals surface area contributed by atoms with E-state index in [4.69, 9.17) is 39.6 Å². The van der Waals surface area contributed by atoms with Crippen molar-refractivity contribution in [1.82, 2.24) is 15.7 Å². The number of hydroxylamine groups is 1. The molecule has 3 aromatic rings. The maximum atomic E-state index is 13.1. The summed E-state index contributed by atoms with van der Waals surface area (Å²) in [5.74, 6) is 0.336. The summed E-state index contributed by atoms with van der Waals surface area (Å²) in [6.45, 7) is 0.283. The average molecular weight is 534 g/mol. The Kier molecular flexibility index (Phi) is 7.35. The molecule has 0 bridgehead atoms. The number of alkyl halides is 3. The molecule has 2 heterocycles. The molecule has 1 aliphatic rings. The first-order valence-corrected chi connectivity index (χ1v) is 11.4. The van der Waals surface area contributed by atoms with Gasteiger partial charge in [0.15, 0.2) is 11.0 Å². The molecule has 172 valence electrons. The van der Waals surface area contributed by atoms with Crippen LogP contribution in [0.1, 0.15) is 16.7 Å². The standard InChI is InChI=1S/C21H14Cl3F3N4OS/c22-13-5-4-11(17(23)8-13)6-14-10-32-31-19(28-14)16-9-18(24)29-30-20(16)33-15-3-1-2-12(7-15)21(25,26)27/h1-5,7-9,14H,6,10H2,(H,28,31)/t14-/m0/s1. The quantitative estimate of drug-likeness (QED) is 0.406. The van der Waals surface area contributed by atoms with Crippen molar-refractivity contribution >= 4 is 52.4 Å². The summed E-state index contributed by atoms with van der Waals surface area (Å²) in [6, 6.07) is 11.4. The Morgan fingerprint density at radius 1 is 1.06 bits per heavy atom. The molecular formula is C21H14Cl3F3N4OS. The summed E-state index contributed by atoms with van der Waals surface area (Å²) in [7, 11) is 0. The largest absolute Gasteiger partial charge is 0.416 e. The number of hydrogen-bond acceptors (Lipinski definition) is 6. The number of halogens is 6. The third-order valence-electron chi connectivity index (χ3n) is 4.59. The number of nitrogens with zero attached hydrogens (tertiary/aromatic N) is 3. The summed E-state index contributed by atoms with van der Waals surface area (Å²) in [4.78, 5) is 10.5. The highest BCUT2D eigenvalue weighted by Gasteiger charge is 2.30. The van der Waals surface area contributed by atoms with Gasteiger partial charge in [-0.2, -0.15) is 13.2 Å². The van der Waals surface area contributed by atoms with Gasteiger partial charge in [0, 0.05) is 14.9 Å². The second kappa shape index (κ2) is 10.1. The summed E-state index contributed by atoms with van der Waals surface area (Å²) in [5.41, 5.74) is 3.28. The summed E-state index contributed by atoms with van der Waals surface area (Å²) >= 11 is 19.3. The van der Waals surface area contributed by atoms with Crippen LogP contribution in [0, 0.1) is 0 Å². The topological polar surface area (TPSA) is 59.4 Å². The van der Waals surface area contributed by atoms with E-state index < -0.39 is 11.7 Å². The molecule has 2 aromatic carbocycles. The van der Waals surface area contributed by atoms with Crippen molar-refractivity contribution in [3.63, 3.8) is 0 Å². The van der Waals surface area contributed by atoms with Crippen molar-refractivity contribution in [1.29, 1.82) is 0 Å². The lowest BCUT2D eigenvalue weighted by atomic mass is 10.1. The molecule has 0 aliphatic carbocycles. The lowest BCUT2D eigenvalue weighted by Crippen LogP contribution is -2.37. The number of rotatable bonds is 5. The summed E-state index contributed by atoms with van der Waals surface area (Å²) in [6.07, 6.45) is -3.96. The van der Waals surface area contributed by atoms with E-state index in [0.717, 1.165) is 29.5 Å². The van der Waals surface area contributed by atoms with Crippen molar-refractivity contribution in [2.45, 2.75) is 28.6 Å². The number of benzene rings is 2. The van der Waals surface area contributed by atoms with Crippen molar-refractivity contribution < 1.29 is 18.0 Å². The van der Waals surface area contributed by atoms with E-state index in [1.165, 1.54) is 12.1 Å². The van der Waals surface area contributed by atoms with Gasteiger partial charge in [0.25, 0.3) is 0 Å². The number of hydrogen-bond donors (Lipinski definition) is 1. The van der Waals surface area contributed by atoms with Crippen LogP contribution in [0.15, 0.2) is 63.4 Å². The monoisotopic (exact) mass is 532 g/mol. The normalized spacial score (nSPS) is 16.3. The zero-order valence-corrected chi connectivity index (χ0v) is 19.6. The fourth-order valence-corrected chi connectivity index (χ4v) is 4.61. The Bertz CT molecular complexity index is 1210. The molecule has 12 heteroatoms. The molecule has 33 heavy (non-hydrogen) atoms. The lowest BCUT2D eigenvalue weighted by Gasteiger charge is -2.23. The van der Waals surface area contributed by atoms with Gasteiger partial charge in [-0.1, -0.05) is 58.7 Å². The highest BCUT2D eigenvalue weighted by atomic mass is 35.5. The first kappa shape index (κ1) is 24.1. The van der Waals surface area contributed by atoms with E-state index in [1.807, 2.05) is 6.07 Å². The summed E-state index contributed by atoms with van der Waals surface area (Å²) in [5, 5.41) is 9.36. The van der Waals surface area contributed by atoms with Gasteiger partial charge in [-0.3, -0.25) is 9.83 Å². The molecule has 4 rings (SSSR count). The van der Waals surface area contributed by atoms with Crippen molar-refractivity contribution in [2.75, 3.05) is 6.61 Å². The van der Waals surface area contributed by atoms with Crippen molar-refractivity contribution in [3.8, 4) is 0 Å². The maximum absolute atomic E-state index is 13.1. The molecule has 1 N–H and O–H groups in total. The van der Waals surface area contributed by atoms with Gasteiger partial charge in [-0.05, 0) is 48.4 Å². The molecule has 1 aromatic heterocycles. The Balaban J connectivity index is 1.62. The molecule has 1 atom stereocenters. The van der Waals surface area contributed by atoms with Crippen LogP contribution in [-0.4, -0.2) is 28.7 Å².